The molecule has 29 heteroatoms. The van der Waals surface area contributed by atoms with Gasteiger partial charge in [-0.3, -0.25) is 25.0 Å². The van der Waals surface area contributed by atoms with Crippen LogP contribution in [0, 0.1) is 20.2 Å². The first-order valence-corrected chi connectivity index (χ1v) is 29.7. The number of methoxy groups -OCH3 is 3. The van der Waals surface area contributed by atoms with Gasteiger partial charge in [0.1, 0.15) is 23.3 Å². The molecule has 9 rings (SSSR count). The lowest BCUT2D eigenvalue weighted by molar-refractivity contribution is -0.384. The van der Waals surface area contributed by atoms with Crippen LogP contribution in [0.25, 0.3) is 0 Å². The van der Waals surface area contributed by atoms with Gasteiger partial charge in [-0.1, -0.05) is 72.3 Å². The Hall–Kier alpha value is -11.2. The van der Waals surface area contributed by atoms with Gasteiger partial charge in [0.25, 0.3) is 0 Å². The predicted molar refractivity (Wildman–Crippen MR) is 372 cm³/mol. The second kappa shape index (κ2) is 38.6. The number of hydrogen-bond donors (Lipinski definition) is 10. The standard InChI is InChI=1S/C18H22N4O2.C16H18N4O4.C16H20N4O2.C9H11NO.C6H6ClN3O2.CH4O/c1-12(13-4-6-14(7-5-13)18(23)24-3)21-17-16-15(8-9-20-17)22(2)11-10-19-16;1-10(11-4-6-12(7-5-11)16(21)24-3)19-15-14(20(22)23)13(17-2)8-9-18-15;1-10(11-4-6-12(7-5-11)16(21)22-3)20-15-14(17)13(18-2)8-9-19-15;1-7(10)9-4-2-8(6-11)3-5-9;1-8-4-2-3-9-6(7)5(4)10(11)12;1-2/h4-9,12,19H,10-11H2,1-3H3,(H,20,21);4-10H,1-3H3,(H2,17,18,19);4-10H,17H2,1-3H3,(H2,18,19,20);2-7H,10H2,1H3;2-3H,1H3,(H,8,9);2H,1H3/t12-;2*10-;7-;;/m0000../s1. The number of pyridine rings is 4. The zero-order valence-corrected chi connectivity index (χ0v) is 55.5. The first kappa shape index (κ1) is 76.2. The molecule has 504 valence electrons. The van der Waals surface area contributed by atoms with E-state index < -0.39 is 15.8 Å². The lowest BCUT2D eigenvalue weighted by Crippen LogP contribution is -2.31. The fourth-order valence-corrected chi connectivity index (χ4v) is 9.13. The van der Waals surface area contributed by atoms with Crippen LogP contribution in [0.4, 0.5) is 63.0 Å². The van der Waals surface area contributed by atoms with Crippen molar-refractivity contribution in [3.05, 3.63) is 216 Å². The molecule has 4 atom stereocenters. The van der Waals surface area contributed by atoms with Crippen LogP contribution in [-0.4, -0.2) is 129 Å². The van der Waals surface area contributed by atoms with Gasteiger partial charge >= 0.3 is 29.3 Å². The topological polar surface area (TPSA) is 394 Å². The van der Waals surface area contributed by atoms with Crippen LogP contribution in [0.3, 0.4) is 0 Å². The van der Waals surface area contributed by atoms with E-state index in [4.69, 9.17) is 32.9 Å². The highest BCUT2D eigenvalue weighted by Crippen LogP contribution is 2.36. The van der Waals surface area contributed by atoms with E-state index in [0.29, 0.717) is 45.1 Å². The van der Waals surface area contributed by atoms with Crippen LogP contribution >= 0.6 is 11.6 Å². The lowest BCUT2D eigenvalue weighted by atomic mass is 10.1. The van der Waals surface area contributed by atoms with E-state index in [9.17, 15) is 39.4 Å². The zero-order chi connectivity index (χ0) is 70.3. The molecule has 1 aliphatic heterocycles. The van der Waals surface area contributed by atoms with Crippen molar-refractivity contribution < 1.29 is 48.3 Å². The highest BCUT2D eigenvalue weighted by molar-refractivity contribution is 6.32. The Morgan fingerprint density at radius 1 is 0.579 bits per heavy atom. The average Bonchev–Trinajstić information content (AvgIpc) is 0.832. The predicted octanol–water partition coefficient (Wildman–Crippen LogP) is 11.4. The Bertz CT molecular complexity index is 3800. The Morgan fingerprint density at radius 2 is 0.947 bits per heavy atom. The van der Waals surface area contributed by atoms with Gasteiger partial charge in [-0.25, -0.2) is 34.3 Å². The summed E-state index contributed by atoms with van der Waals surface area (Å²) in [6, 6.07) is 35.4. The van der Waals surface area contributed by atoms with Gasteiger partial charge in [0.05, 0.1) is 83.1 Å². The van der Waals surface area contributed by atoms with Gasteiger partial charge in [-0.15, -0.1) is 0 Å². The van der Waals surface area contributed by atoms with Crippen molar-refractivity contribution in [1.82, 2.24) is 19.9 Å². The van der Waals surface area contributed by atoms with Crippen molar-refractivity contribution in [2.75, 3.05) is 118 Å². The second-order valence-electron chi connectivity index (χ2n) is 20.4. The minimum absolute atomic E-state index is 0.00592. The number of nitrogens with two attached hydrogens (primary N) is 2. The molecule has 0 spiro atoms. The maximum absolute atomic E-state index is 11.5. The van der Waals surface area contributed by atoms with Crippen LogP contribution < -0.4 is 53.6 Å². The normalized spacial score (nSPS) is 11.9. The number of nitrogens with one attached hydrogen (secondary N) is 7. The number of nitrogen functional groups attached to an aromatic ring is 1. The number of carbonyl (C=O) groups excluding carboxylic acids is 4. The summed E-state index contributed by atoms with van der Waals surface area (Å²) in [5.74, 6) is 0.547. The van der Waals surface area contributed by atoms with E-state index in [-0.39, 0.29) is 58.5 Å². The third-order valence-electron chi connectivity index (χ3n) is 14.2. The minimum atomic E-state index is -0.568. The summed E-state index contributed by atoms with van der Waals surface area (Å²) in [6.07, 6.45) is 7.23. The molecule has 4 aromatic heterocycles. The summed E-state index contributed by atoms with van der Waals surface area (Å²) in [6.45, 7) is 9.70. The number of esters is 3. The number of aldehydes is 1. The van der Waals surface area contributed by atoms with Gasteiger partial charge in [-0.2, -0.15) is 0 Å². The number of hydrogen-bond acceptors (Lipinski definition) is 26. The van der Waals surface area contributed by atoms with Crippen molar-refractivity contribution in [3.63, 3.8) is 0 Å². The summed E-state index contributed by atoms with van der Waals surface area (Å²) < 4.78 is 14.1. The van der Waals surface area contributed by atoms with E-state index in [1.54, 1.807) is 87.0 Å². The summed E-state index contributed by atoms with van der Waals surface area (Å²) in [5.41, 5.74) is 21.9. The van der Waals surface area contributed by atoms with Crippen molar-refractivity contribution in [1.29, 1.82) is 0 Å². The molecule has 28 nitrogen and oxygen atoms in total. The van der Waals surface area contributed by atoms with Crippen LogP contribution in [-0.2, 0) is 14.2 Å². The molecule has 1 aliphatic rings. The second-order valence-corrected chi connectivity index (χ2v) is 20.7. The fourth-order valence-electron chi connectivity index (χ4n) is 8.90. The number of halogens is 1. The van der Waals surface area contributed by atoms with Crippen molar-refractivity contribution in [2.24, 2.45) is 5.73 Å². The lowest BCUT2D eigenvalue weighted by Gasteiger charge is -2.30. The minimum Gasteiger partial charge on any atom is -0.465 e. The van der Waals surface area contributed by atoms with Gasteiger partial charge in [0, 0.05) is 84.8 Å². The van der Waals surface area contributed by atoms with Crippen LogP contribution in [0.2, 0.25) is 5.15 Å². The Morgan fingerprint density at radius 3 is 1.35 bits per heavy atom. The molecule has 0 saturated carbocycles. The maximum Gasteiger partial charge on any atom is 0.337 e. The summed E-state index contributed by atoms with van der Waals surface area (Å²) in [4.78, 5) is 84.0. The summed E-state index contributed by atoms with van der Waals surface area (Å²) in [7, 11) is 12.2. The molecule has 0 amide bonds. The SMILES string of the molecule is CNc1ccnc(Cl)c1[N+](=O)[O-].CNc1ccnc(N[C@@H](C)c2ccc(C(=O)OC)cc2)c1N.CNc1ccnc(N[C@@H](C)c2ccc(C(=O)OC)cc2)c1[N+](=O)[O-].CO.COC(=O)c1ccc([C@H](C)Nc2nccc3c2NCCN3C)cc1.C[C@H](N)c1ccc(C=O)cc1. The summed E-state index contributed by atoms with van der Waals surface area (Å²) >= 11 is 5.51. The molecule has 0 aliphatic carbocycles. The quantitative estimate of drug-likeness (QED) is 0.00897. The maximum atomic E-state index is 11.5. The molecule has 0 saturated heterocycles. The van der Waals surface area contributed by atoms with E-state index in [2.05, 4.69) is 85.5 Å². The number of carbonyl (C=O) groups is 4. The number of likely N-dealkylation sites (N-methyl/N-ethyl adjacent to an activating group) is 1. The zero-order valence-electron chi connectivity index (χ0n) is 54.8. The number of ether oxygens (including phenoxy) is 3. The largest absolute Gasteiger partial charge is 0.465 e. The van der Waals surface area contributed by atoms with E-state index in [0.717, 1.165) is 71.6 Å². The summed E-state index contributed by atoms with van der Waals surface area (Å²) in [5, 5.41) is 50.3. The van der Waals surface area contributed by atoms with Gasteiger partial charge in [0.2, 0.25) is 11.0 Å². The third-order valence-corrected chi connectivity index (χ3v) is 14.5. The number of aliphatic hydroxyl groups is 1. The average molecular weight is 1330 g/mol. The molecule has 12 N–H and O–H groups in total. The number of fused-ring (bicyclic) bond motifs is 1. The fraction of sp³-hybridized carbons (Fsp3) is 0.273. The number of benzene rings is 4. The molecule has 95 heavy (non-hydrogen) atoms. The first-order chi connectivity index (χ1) is 45.5. The number of anilines is 9. The first-order valence-electron chi connectivity index (χ1n) is 29.3. The third kappa shape index (κ3) is 22.0. The number of aliphatic hydroxyl groups excluding tert-OH is 1. The molecule has 4 aromatic carbocycles. The molecular weight excluding hydrogens is 1240 g/mol. The van der Waals surface area contributed by atoms with Crippen molar-refractivity contribution in [3.8, 4) is 0 Å². The smallest absolute Gasteiger partial charge is 0.337 e. The monoisotopic (exact) mass is 1320 g/mol. The molecule has 0 unspecified atom stereocenters. The molecule has 0 fully saturated rings. The van der Waals surface area contributed by atoms with Crippen molar-refractivity contribution >= 4 is 98.7 Å². The molecular formula is C66H81ClN16O12. The van der Waals surface area contributed by atoms with E-state index >= 15 is 0 Å². The number of nitro groups is 2. The van der Waals surface area contributed by atoms with Gasteiger partial charge in [-0.05, 0) is 111 Å². The molecule has 0 bridgehead atoms. The number of rotatable bonds is 19. The van der Waals surface area contributed by atoms with E-state index in [1.165, 1.54) is 39.8 Å². The molecule has 5 heterocycles. The highest BCUT2D eigenvalue weighted by Gasteiger charge is 2.24. The Labute approximate surface area is 555 Å². The van der Waals surface area contributed by atoms with Crippen molar-refractivity contribution in [2.45, 2.75) is 51.9 Å². The van der Waals surface area contributed by atoms with Gasteiger partial charge in [0.15, 0.2) is 11.6 Å². The van der Waals surface area contributed by atoms with E-state index in [1.807, 2.05) is 82.5 Å². The van der Waals surface area contributed by atoms with Crippen LogP contribution in [0.5, 0.6) is 0 Å². The molecule has 8 aromatic rings. The van der Waals surface area contributed by atoms with Gasteiger partial charge < -0.3 is 72.9 Å². The number of nitrogens with zero attached hydrogens (tertiary/aromatic N) is 7. The Kier molecular flexibility index (Phi) is 31.0. The number of aromatic nitrogens is 4. The molecule has 0 radical (unpaired) electrons. The van der Waals surface area contributed by atoms with Crippen LogP contribution in [0.15, 0.2) is 146 Å². The Balaban J connectivity index is 0.000000259. The highest BCUT2D eigenvalue weighted by atomic mass is 35.5. The van der Waals surface area contributed by atoms with Crippen LogP contribution in [0.1, 0.15) is 116 Å².